The van der Waals surface area contributed by atoms with E-state index in [2.05, 4.69) is 19.2 Å². The minimum Gasteiger partial charge on any atom is -0.338 e. The Morgan fingerprint density at radius 1 is 1.17 bits per heavy atom. The number of rotatable bonds is 1. The van der Waals surface area contributed by atoms with E-state index in [0.29, 0.717) is 11.8 Å². The summed E-state index contributed by atoms with van der Waals surface area (Å²) in [6, 6.07) is 6.02. The van der Waals surface area contributed by atoms with Gasteiger partial charge in [0.05, 0.1) is 0 Å². The zero-order valence-corrected chi connectivity index (χ0v) is 11.1. The van der Waals surface area contributed by atoms with E-state index >= 15 is 0 Å². The topological polar surface area (TPSA) is 32.3 Å². The molecule has 18 heavy (non-hydrogen) atoms. The van der Waals surface area contributed by atoms with E-state index in [0.717, 1.165) is 31.7 Å². The number of carbonyl (C=O) groups is 1. The minimum atomic E-state index is 0.201. The van der Waals surface area contributed by atoms with Gasteiger partial charge >= 0.3 is 0 Å². The highest BCUT2D eigenvalue weighted by Crippen LogP contribution is 2.27. The molecule has 0 bridgehead atoms. The molecule has 96 valence electrons. The van der Waals surface area contributed by atoms with Crippen LogP contribution in [0, 0.1) is 25.7 Å². The Labute approximate surface area is 108 Å². The molecule has 1 amide bonds. The highest BCUT2D eigenvalue weighted by Gasteiger charge is 2.38. The van der Waals surface area contributed by atoms with E-state index in [-0.39, 0.29) is 5.91 Å². The number of hydrogen-bond acceptors (Lipinski definition) is 2. The van der Waals surface area contributed by atoms with Crippen LogP contribution in [0.5, 0.6) is 0 Å². The van der Waals surface area contributed by atoms with Gasteiger partial charge in [-0.05, 0) is 48.9 Å². The summed E-state index contributed by atoms with van der Waals surface area (Å²) in [4.78, 5) is 14.5. The van der Waals surface area contributed by atoms with Crippen molar-refractivity contribution in [2.45, 2.75) is 13.8 Å². The second kappa shape index (κ2) is 4.39. The van der Waals surface area contributed by atoms with Gasteiger partial charge < -0.3 is 10.2 Å². The number of nitrogens with one attached hydrogen (secondary N) is 1. The first-order chi connectivity index (χ1) is 8.65. The molecule has 0 unspecified atom stereocenters. The molecular weight excluding hydrogens is 224 g/mol. The van der Waals surface area contributed by atoms with E-state index in [1.807, 2.05) is 23.1 Å². The average Bonchev–Trinajstić information content (AvgIpc) is 2.92. The Hall–Kier alpha value is -1.35. The molecular formula is C15H20N2O. The lowest BCUT2D eigenvalue weighted by Crippen LogP contribution is -2.31. The molecule has 3 nitrogen and oxygen atoms in total. The van der Waals surface area contributed by atoms with Crippen molar-refractivity contribution in [1.29, 1.82) is 0 Å². The van der Waals surface area contributed by atoms with Gasteiger partial charge in [-0.3, -0.25) is 4.79 Å². The van der Waals surface area contributed by atoms with Crippen LogP contribution in [-0.4, -0.2) is 37.0 Å². The predicted molar refractivity (Wildman–Crippen MR) is 71.7 cm³/mol. The molecule has 2 saturated heterocycles. The zero-order chi connectivity index (χ0) is 12.7. The van der Waals surface area contributed by atoms with Crippen molar-refractivity contribution in [1.82, 2.24) is 10.2 Å². The predicted octanol–water partition coefficient (Wildman–Crippen LogP) is 1.59. The second-order valence-corrected chi connectivity index (χ2v) is 5.69. The van der Waals surface area contributed by atoms with Crippen LogP contribution in [0.2, 0.25) is 0 Å². The van der Waals surface area contributed by atoms with E-state index < -0.39 is 0 Å². The molecule has 2 aliphatic rings. The van der Waals surface area contributed by atoms with Gasteiger partial charge in [-0.15, -0.1) is 0 Å². The van der Waals surface area contributed by atoms with Crippen LogP contribution in [0.3, 0.4) is 0 Å². The van der Waals surface area contributed by atoms with Crippen LogP contribution in [0.4, 0.5) is 0 Å². The number of nitrogens with zero attached hydrogens (tertiary/aromatic N) is 1. The highest BCUT2D eigenvalue weighted by molar-refractivity contribution is 5.94. The smallest absolute Gasteiger partial charge is 0.253 e. The number of fused-ring (bicyclic) bond motifs is 1. The van der Waals surface area contributed by atoms with Gasteiger partial charge in [0, 0.05) is 31.7 Å². The Morgan fingerprint density at radius 3 is 2.44 bits per heavy atom. The van der Waals surface area contributed by atoms with E-state index in [4.69, 9.17) is 0 Å². The number of carbonyl (C=O) groups excluding carboxylic acids is 1. The fourth-order valence-corrected chi connectivity index (χ4v) is 3.08. The quantitative estimate of drug-likeness (QED) is 0.813. The molecule has 3 heteroatoms. The van der Waals surface area contributed by atoms with Crippen molar-refractivity contribution in [3.05, 3.63) is 34.9 Å². The fraction of sp³-hybridized carbons (Fsp3) is 0.533. The lowest BCUT2D eigenvalue weighted by atomic mass is 10.0. The third-order valence-corrected chi connectivity index (χ3v) is 4.43. The number of benzene rings is 1. The lowest BCUT2D eigenvalue weighted by Gasteiger charge is -2.18. The molecule has 1 N–H and O–H groups in total. The van der Waals surface area contributed by atoms with Crippen molar-refractivity contribution in [2.75, 3.05) is 26.2 Å². The van der Waals surface area contributed by atoms with Crippen molar-refractivity contribution >= 4 is 5.91 Å². The first-order valence-electron chi connectivity index (χ1n) is 6.72. The molecule has 2 atom stereocenters. The van der Waals surface area contributed by atoms with Gasteiger partial charge in [-0.1, -0.05) is 6.07 Å². The Kier molecular flexibility index (Phi) is 2.86. The lowest BCUT2D eigenvalue weighted by molar-refractivity contribution is 0.0781. The van der Waals surface area contributed by atoms with Crippen LogP contribution in [0.1, 0.15) is 21.5 Å². The Morgan fingerprint density at radius 2 is 1.83 bits per heavy atom. The highest BCUT2D eigenvalue weighted by atomic mass is 16.2. The maximum atomic E-state index is 12.4. The van der Waals surface area contributed by atoms with Crippen LogP contribution in [0.25, 0.3) is 0 Å². The summed E-state index contributed by atoms with van der Waals surface area (Å²) in [6.45, 7) is 8.12. The van der Waals surface area contributed by atoms with E-state index in [1.54, 1.807) is 0 Å². The average molecular weight is 244 g/mol. The first-order valence-corrected chi connectivity index (χ1v) is 6.72. The zero-order valence-electron chi connectivity index (χ0n) is 11.1. The van der Waals surface area contributed by atoms with Crippen molar-refractivity contribution in [3.63, 3.8) is 0 Å². The van der Waals surface area contributed by atoms with Crippen molar-refractivity contribution < 1.29 is 4.79 Å². The number of likely N-dealkylation sites (tertiary alicyclic amines) is 1. The summed E-state index contributed by atoms with van der Waals surface area (Å²) in [5, 5.41) is 3.40. The molecule has 3 rings (SSSR count). The SMILES string of the molecule is Cc1ccc(C(=O)N2C[C@H]3CNC[C@H]3C2)cc1C. The van der Waals surface area contributed by atoms with E-state index in [1.165, 1.54) is 11.1 Å². The minimum absolute atomic E-state index is 0.201. The summed E-state index contributed by atoms with van der Waals surface area (Å²) in [5.41, 5.74) is 3.28. The maximum absolute atomic E-state index is 12.4. The molecule has 2 heterocycles. The van der Waals surface area contributed by atoms with Crippen LogP contribution in [-0.2, 0) is 0 Å². The molecule has 0 aromatic heterocycles. The summed E-state index contributed by atoms with van der Waals surface area (Å²) in [7, 11) is 0. The second-order valence-electron chi connectivity index (χ2n) is 5.69. The Bertz CT molecular complexity index is 471. The summed E-state index contributed by atoms with van der Waals surface area (Å²) in [6.07, 6.45) is 0. The monoisotopic (exact) mass is 244 g/mol. The standard InChI is InChI=1S/C15H20N2O/c1-10-3-4-12(5-11(10)2)15(18)17-8-13-6-16-7-14(13)9-17/h3-5,13-14,16H,6-9H2,1-2H3/t13-,14+. The van der Waals surface area contributed by atoms with Crippen LogP contribution >= 0.6 is 0 Å². The Balaban J connectivity index is 1.77. The molecule has 0 aliphatic carbocycles. The van der Waals surface area contributed by atoms with Gasteiger partial charge in [-0.25, -0.2) is 0 Å². The maximum Gasteiger partial charge on any atom is 0.253 e. The molecule has 1 aromatic carbocycles. The van der Waals surface area contributed by atoms with Gasteiger partial charge in [0.1, 0.15) is 0 Å². The van der Waals surface area contributed by atoms with Crippen molar-refractivity contribution in [3.8, 4) is 0 Å². The summed E-state index contributed by atoms with van der Waals surface area (Å²) >= 11 is 0. The number of hydrogen-bond donors (Lipinski definition) is 1. The molecule has 1 aromatic rings. The fourth-order valence-electron chi connectivity index (χ4n) is 3.08. The van der Waals surface area contributed by atoms with Crippen LogP contribution < -0.4 is 5.32 Å². The normalized spacial score (nSPS) is 26.4. The van der Waals surface area contributed by atoms with Crippen molar-refractivity contribution in [2.24, 2.45) is 11.8 Å². The number of amides is 1. The number of aryl methyl sites for hydroxylation is 2. The molecule has 2 aliphatic heterocycles. The largest absolute Gasteiger partial charge is 0.338 e. The molecule has 2 fully saturated rings. The van der Waals surface area contributed by atoms with Gasteiger partial charge in [0.25, 0.3) is 5.91 Å². The van der Waals surface area contributed by atoms with Gasteiger partial charge in [0.15, 0.2) is 0 Å². The third kappa shape index (κ3) is 1.93. The molecule has 0 spiro atoms. The van der Waals surface area contributed by atoms with Gasteiger partial charge in [0.2, 0.25) is 0 Å². The summed E-state index contributed by atoms with van der Waals surface area (Å²) in [5.74, 6) is 1.54. The summed E-state index contributed by atoms with van der Waals surface area (Å²) < 4.78 is 0. The molecule has 0 radical (unpaired) electrons. The van der Waals surface area contributed by atoms with Gasteiger partial charge in [-0.2, -0.15) is 0 Å². The van der Waals surface area contributed by atoms with Crippen LogP contribution in [0.15, 0.2) is 18.2 Å². The third-order valence-electron chi connectivity index (χ3n) is 4.43. The first kappa shape index (κ1) is 11.7. The van der Waals surface area contributed by atoms with E-state index in [9.17, 15) is 4.79 Å². The molecule has 0 saturated carbocycles.